The fourth-order valence-electron chi connectivity index (χ4n) is 2.31. The number of nitrogens with zero attached hydrogens (tertiary/aromatic N) is 1. The van der Waals surface area contributed by atoms with Crippen LogP contribution in [0.1, 0.15) is 0 Å². The zero-order valence-corrected chi connectivity index (χ0v) is 12.8. The van der Waals surface area contributed by atoms with E-state index in [1.54, 1.807) is 23.1 Å². The number of nitrogens with one attached hydrogen (secondary N) is 1. The minimum absolute atomic E-state index is 1.16. The van der Waals surface area contributed by atoms with Crippen molar-refractivity contribution in [3.8, 4) is 11.3 Å². The van der Waals surface area contributed by atoms with Crippen molar-refractivity contribution in [1.29, 1.82) is 0 Å². The molecule has 0 saturated heterocycles. The molecule has 1 N–H and O–H groups in total. The van der Waals surface area contributed by atoms with Gasteiger partial charge in [0.2, 0.25) is 5.03 Å². The lowest BCUT2D eigenvalue weighted by Gasteiger charge is -1.99. The Kier molecular flexibility index (Phi) is 3.25. The lowest BCUT2D eigenvalue weighted by atomic mass is 10.2. The highest BCUT2D eigenvalue weighted by Gasteiger charge is 2.22. The second-order valence-corrected chi connectivity index (χ2v) is 6.62. The third kappa shape index (κ3) is 2.37. The molecule has 2 heterocycles. The van der Waals surface area contributed by atoms with E-state index >= 15 is 0 Å². The first-order valence-electron chi connectivity index (χ1n) is 6.71. The molecule has 102 valence electrons. The average Bonchev–Trinajstić information content (AvgIpc) is 3.12. The van der Waals surface area contributed by atoms with E-state index in [1.165, 1.54) is 21.2 Å². The SMILES string of the molecule is c1ccc(Sc2c(-c3ccccc3)[nH]c3scc[n+]23)cc1. The molecule has 0 aliphatic heterocycles. The Labute approximate surface area is 131 Å². The van der Waals surface area contributed by atoms with Gasteiger partial charge in [0.05, 0.1) is 0 Å². The number of aromatic amines is 1. The maximum absolute atomic E-state index is 3.54. The number of thiazole rings is 1. The monoisotopic (exact) mass is 309 g/mol. The predicted molar refractivity (Wildman–Crippen MR) is 87.8 cm³/mol. The van der Waals surface area contributed by atoms with Crippen LogP contribution in [0.25, 0.3) is 16.2 Å². The van der Waals surface area contributed by atoms with Crippen molar-refractivity contribution in [1.82, 2.24) is 4.98 Å². The highest BCUT2D eigenvalue weighted by atomic mass is 32.2. The van der Waals surface area contributed by atoms with Gasteiger partial charge in [-0.05, 0) is 23.9 Å². The lowest BCUT2D eigenvalue weighted by Crippen LogP contribution is -2.17. The summed E-state index contributed by atoms with van der Waals surface area (Å²) in [6.45, 7) is 0. The summed E-state index contributed by atoms with van der Waals surface area (Å²) in [7, 11) is 0. The van der Waals surface area contributed by atoms with Crippen molar-refractivity contribution < 1.29 is 4.40 Å². The van der Waals surface area contributed by atoms with Crippen LogP contribution in [0.4, 0.5) is 0 Å². The summed E-state index contributed by atoms with van der Waals surface area (Å²) in [6, 6.07) is 21.0. The normalized spacial score (nSPS) is 11.0. The zero-order valence-electron chi connectivity index (χ0n) is 11.2. The van der Waals surface area contributed by atoms with Gasteiger partial charge in [-0.1, -0.05) is 59.9 Å². The molecular formula is C17H13N2S2+. The topological polar surface area (TPSA) is 19.9 Å². The second-order valence-electron chi connectivity index (χ2n) is 4.66. The summed E-state index contributed by atoms with van der Waals surface area (Å²) in [5.74, 6) is 0. The molecule has 2 nitrogen and oxygen atoms in total. The zero-order chi connectivity index (χ0) is 14.1. The van der Waals surface area contributed by atoms with Crippen molar-refractivity contribution in [3.05, 3.63) is 72.2 Å². The first-order valence-corrected chi connectivity index (χ1v) is 8.40. The third-order valence-electron chi connectivity index (χ3n) is 3.29. The minimum atomic E-state index is 1.16. The Morgan fingerprint density at radius 2 is 1.62 bits per heavy atom. The van der Waals surface area contributed by atoms with Gasteiger partial charge in [0.25, 0.3) is 0 Å². The van der Waals surface area contributed by atoms with Crippen LogP contribution < -0.4 is 4.40 Å². The molecule has 0 amide bonds. The predicted octanol–water partition coefficient (Wildman–Crippen LogP) is 4.63. The van der Waals surface area contributed by atoms with Gasteiger partial charge >= 0.3 is 4.96 Å². The molecule has 0 radical (unpaired) electrons. The van der Waals surface area contributed by atoms with Crippen LogP contribution in [0.15, 0.2) is 82.2 Å². The van der Waals surface area contributed by atoms with Gasteiger partial charge in [-0.2, -0.15) is 4.40 Å². The summed E-state index contributed by atoms with van der Waals surface area (Å²) >= 11 is 3.51. The molecule has 0 aliphatic rings. The molecule has 0 bridgehead atoms. The molecule has 21 heavy (non-hydrogen) atoms. The standard InChI is InChI=1S/C17H12N2S2/c1-3-7-13(8-4-1)15-16(19-11-12-20-17(19)18-15)21-14-9-5-2-6-10-14/h1-12H/p+1. The van der Waals surface area contributed by atoms with Gasteiger partial charge in [-0.15, -0.1) is 0 Å². The minimum Gasteiger partial charge on any atom is -0.226 e. The molecule has 4 rings (SSSR count). The number of imidazole rings is 1. The first-order chi connectivity index (χ1) is 10.4. The molecule has 4 aromatic rings. The van der Waals surface area contributed by atoms with Crippen LogP contribution in [0.2, 0.25) is 0 Å². The Morgan fingerprint density at radius 1 is 0.905 bits per heavy atom. The van der Waals surface area contributed by atoms with E-state index in [-0.39, 0.29) is 0 Å². The molecule has 0 fully saturated rings. The van der Waals surface area contributed by atoms with Crippen LogP contribution in [0, 0.1) is 0 Å². The number of aromatic nitrogens is 2. The Balaban J connectivity index is 1.87. The van der Waals surface area contributed by atoms with E-state index in [1.807, 2.05) is 12.1 Å². The van der Waals surface area contributed by atoms with Crippen LogP contribution >= 0.6 is 23.1 Å². The highest BCUT2D eigenvalue weighted by molar-refractivity contribution is 7.99. The van der Waals surface area contributed by atoms with Gasteiger partial charge in [0.1, 0.15) is 6.20 Å². The Bertz CT molecular complexity index is 864. The molecule has 0 atom stereocenters. The largest absolute Gasteiger partial charge is 0.344 e. The number of hydrogen-bond acceptors (Lipinski definition) is 2. The third-order valence-corrected chi connectivity index (χ3v) is 5.18. The van der Waals surface area contributed by atoms with Gasteiger partial charge in [0.15, 0.2) is 5.69 Å². The molecule has 2 aromatic carbocycles. The molecule has 2 aromatic heterocycles. The lowest BCUT2D eigenvalue weighted by molar-refractivity contribution is -0.547. The number of H-pyrrole nitrogens is 1. The van der Waals surface area contributed by atoms with Gasteiger partial charge in [-0.25, -0.2) is 4.98 Å². The molecule has 0 unspecified atom stereocenters. The maximum Gasteiger partial charge on any atom is 0.344 e. The number of hydrogen-bond donors (Lipinski definition) is 1. The second kappa shape index (κ2) is 5.39. The van der Waals surface area contributed by atoms with E-state index in [0.717, 1.165) is 4.96 Å². The van der Waals surface area contributed by atoms with Crippen LogP contribution in [0.5, 0.6) is 0 Å². The van der Waals surface area contributed by atoms with E-state index < -0.39 is 0 Å². The summed E-state index contributed by atoms with van der Waals surface area (Å²) in [5, 5.41) is 3.33. The van der Waals surface area contributed by atoms with Crippen molar-refractivity contribution in [2.24, 2.45) is 0 Å². The van der Waals surface area contributed by atoms with Gasteiger partial charge < -0.3 is 0 Å². The van der Waals surface area contributed by atoms with Crippen LogP contribution in [-0.2, 0) is 0 Å². The number of fused-ring (bicyclic) bond motifs is 1. The molecular weight excluding hydrogens is 296 g/mol. The van der Waals surface area contributed by atoms with Gasteiger partial charge in [0, 0.05) is 15.8 Å². The fourth-order valence-corrected chi connectivity index (χ4v) is 4.15. The first kappa shape index (κ1) is 12.7. The van der Waals surface area contributed by atoms with E-state index in [0.29, 0.717) is 0 Å². The van der Waals surface area contributed by atoms with Crippen LogP contribution in [-0.4, -0.2) is 4.98 Å². The molecule has 4 heteroatoms. The average molecular weight is 309 g/mol. The van der Waals surface area contributed by atoms with E-state index in [9.17, 15) is 0 Å². The highest BCUT2D eigenvalue weighted by Crippen LogP contribution is 2.33. The van der Waals surface area contributed by atoms with Gasteiger partial charge in [-0.3, -0.25) is 0 Å². The van der Waals surface area contributed by atoms with Crippen molar-refractivity contribution in [2.75, 3.05) is 0 Å². The van der Waals surface area contributed by atoms with Crippen molar-refractivity contribution >= 4 is 28.1 Å². The van der Waals surface area contributed by atoms with E-state index in [2.05, 4.69) is 69.5 Å². The van der Waals surface area contributed by atoms with Crippen molar-refractivity contribution in [2.45, 2.75) is 9.92 Å². The summed E-state index contributed by atoms with van der Waals surface area (Å²) in [4.78, 5) is 5.95. The number of rotatable bonds is 3. The molecule has 0 aliphatic carbocycles. The maximum atomic E-state index is 3.54. The number of benzene rings is 2. The van der Waals surface area contributed by atoms with Crippen LogP contribution in [0.3, 0.4) is 0 Å². The van der Waals surface area contributed by atoms with E-state index in [4.69, 9.17) is 0 Å². The smallest absolute Gasteiger partial charge is 0.226 e. The quantitative estimate of drug-likeness (QED) is 0.547. The fraction of sp³-hybridized carbons (Fsp3) is 0. The molecule has 0 saturated carbocycles. The summed E-state index contributed by atoms with van der Waals surface area (Å²) in [5.41, 5.74) is 2.39. The molecule has 0 spiro atoms. The van der Waals surface area contributed by atoms with Crippen molar-refractivity contribution in [3.63, 3.8) is 0 Å². The Morgan fingerprint density at radius 3 is 2.38 bits per heavy atom. The Hall–Kier alpha value is -2.04. The summed E-state index contributed by atoms with van der Waals surface area (Å²) in [6.07, 6.45) is 2.12. The summed E-state index contributed by atoms with van der Waals surface area (Å²) < 4.78 is 2.23.